The van der Waals surface area contributed by atoms with Crippen molar-refractivity contribution >= 4 is 18.9 Å². The lowest BCUT2D eigenvalue weighted by atomic mass is 10.0. The minimum Gasteiger partial charge on any atom is -0.302 e. The minimum absolute atomic E-state index is 0.288. The normalized spacial score (nSPS) is 12.6. The van der Waals surface area contributed by atoms with Gasteiger partial charge in [0.15, 0.2) is 0 Å². The van der Waals surface area contributed by atoms with Crippen LogP contribution in [0.1, 0.15) is 21.9 Å². The van der Waals surface area contributed by atoms with Crippen molar-refractivity contribution in [2.45, 2.75) is 19.1 Å². The highest BCUT2D eigenvalue weighted by molar-refractivity contribution is 7.81. The summed E-state index contributed by atoms with van der Waals surface area (Å²) >= 11 is 4.13. The first kappa shape index (κ1) is 9.33. The van der Waals surface area contributed by atoms with Crippen LogP contribution >= 0.6 is 12.6 Å². The van der Waals surface area contributed by atoms with E-state index in [0.29, 0.717) is 0 Å². The fourth-order valence-electron chi connectivity index (χ4n) is 1.03. The first-order valence-corrected chi connectivity index (χ1v) is 4.37. The number of aldehydes is 1. The van der Waals surface area contributed by atoms with E-state index in [1.54, 1.807) is 0 Å². The number of thiol groups is 1. The highest BCUT2D eigenvalue weighted by Crippen LogP contribution is 2.19. The molecule has 0 saturated carbocycles. The zero-order valence-corrected chi connectivity index (χ0v) is 8.14. The fraction of sp³-hybridized carbons (Fsp3) is 0.300. The van der Waals surface area contributed by atoms with E-state index in [1.807, 2.05) is 32.0 Å². The highest BCUT2D eigenvalue weighted by atomic mass is 32.1. The van der Waals surface area contributed by atoms with Crippen molar-refractivity contribution in [3.63, 3.8) is 0 Å². The maximum atomic E-state index is 10.4. The Morgan fingerprint density at radius 2 is 2.00 bits per heavy atom. The quantitative estimate of drug-likeness (QED) is 0.546. The van der Waals surface area contributed by atoms with Crippen molar-refractivity contribution in [2.75, 3.05) is 0 Å². The molecule has 0 bridgehead atoms. The van der Waals surface area contributed by atoms with Crippen LogP contribution in [0, 0.1) is 13.8 Å². The van der Waals surface area contributed by atoms with Crippen LogP contribution in [0.15, 0.2) is 18.2 Å². The van der Waals surface area contributed by atoms with Gasteiger partial charge in [-0.05, 0) is 30.5 Å². The van der Waals surface area contributed by atoms with E-state index in [4.69, 9.17) is 0 Å². The van der Waals surface area contributed by atoms with Gasteiger partial charge in [0.1, 0.15) is 6.29 Å². The van der Waals surface area contributed by atoms with Crippen LogP contribution in [-0.2, 0) is 4.79 Å². The molecule has 0 saturated heterocycles. The van der Waals surface area contributed by atoms with Gasteiger partial charge < -0.3 is 4.79 Å². The number of hydrogen-bond acceptors (Lipinski definition) is 2. The predicted molar refractivity (Wildman–Crippen MR) is 53.7 cm³/mol. The molecule has 0 fully saturated rings. The molecule has 12 heavy (non-hydrogen) atoms. The van der Waals surface area contributed by atoms with Crippen molar-refractivity contribution in [2.24, 2.45) is 0 Å². The van der Waals surface area contributed by atoms with E-state index in [-0.39, 0.29) is 5.25 Å². The van der Waals surface area contributed by atoms with E-state index in [2.05, 4.69) is 12.6 Å². The lowest BCUT2D eigenvalue weighted by Crippen LogP contribution is -1.92. The predicted octanol–water partition coefficient (Wildman–Crippen LogP) is 2.47. The molecule has 1 atom stereocenters. The molecule has 0 spiro atoms. The van der Waals surface area contributed by atoms with Crippen LogP contribution in [0.2, 0.25) is 0 Å². The summed E-state index contributed by atoms with van der Waals surface area (Å²) in [6.07, 6.45) is 0.840. The third-order valence-electron chi connectivity index (χ3n) is 2.00. The molecule has 0 aliphatic carbocycles. The average molecular weight is 180 g/mol. The Kier molecular flexibility index (Phi) is 2.93. The van der Waals surface area contributed by atoms with Crippen molar-refractivity contribution < 1.29 is 4.79 Å². The first-order chi connectivity index (χ1) is 5.65. The van der Waals surface area contributed by atoms with E-state index in [9.17, 15) is 4.79 Å². The van der Waals surface area contributed by atoms with E-state index in [1.165, 1.54) is 11.1 Å². The molecule has 0 radical (unpaired) electrons. The highest BCUT2D eigenvalue weighted by Gasteiger charge is 2.04. The van der Waals surface area contributed by atoms with E-state index in [0.717, 1.165) is 11.8 Å². The molecular formula is C10H12OS. The minimum atomic E-state index is -0.288. The molecule has 1 unspecified atom stereocenters. The van der Waals surface area contributed by atoms with Crippen molar-refractivity contribution in [3.8, 4) is 0 Å². The number of carbonyl (C=O) groups excluding carboxylic acids is 1. The number of rotatable bonds is 2. The van der Waals surface area contributed by atoms with Crippen LogP contribution in [0.5, 0.6) is 0 Å². The molecule has 0 aliphatic rings. The third-order valence-corrected chi connectivity index (χ3v) is 2.42. The molecule has 1 aromatic rings. The van der Waals surface area contributed by atoms with Gasteiger partial charge in [0.25, 0.3) is 0 Å². The maximum absolute atomic E-state index is 10.4. The molecule has 0 amide bonds. The molecule has 0 N–H and O–H groups in total. The van der Waals surface area contributed by atoms with Gasteiger partial charge in [0.2, 0.25) is 0 Å². The zero-order chi connectivity index (χ0) is 9.14. The van der Waals surface area contributed by atoms with Crippen LogP contribution in [0.25, 0.3) is 0 Å². The van der Waals surface area contributed by atoms with Crippen molar-refractivity contribution in [1.82, 2.24) is 0 Å². The van der Waals surface area contributed by atoms with Gasteiger partial charge in [0.05, 0.1) is 5.25 Å². The standard InChI is InChI=1S/C10H12OS/c1-7-3-4-9(5-8(7)2)10(12)6-11/h3-6,10,12H,1-2H3. The molecule has 0 aliphatic heterocycles. The Labute approximate surface area is 78.2 Å². The van der Waals surface area contributed by atoms with Gasteiger partial charge in [-0.25, -0.2) is 0 Å². The second-order valence-corrected chi connectivity index (χ2v) is 3.48. The molecule has 64 valence electrons. The van der Waals surface area contributed by atoms with Gasteiger partial charge in [-0.2, -0.15) is 12.6 Å². The monoisotopic (exact) mass is 180 g/mol. The van der Waals surface area contributed by atoms with Gasteiger partial charge in [-0.15, -0.1) is 0 Å². The number of benzene rings is 1. The number of carbonyl (C=O) groups is 1. The second kappa shape index (κ2) is 3.76. The third kappa shape index (κ3) is 1.89. The number of hydrogen-bond donors (Lipinski definition) is 1. The Morgan fingerprint density at radius 1 is 1.33 bits per heavy atom. The summed E-state index contributed by atoms with van der Waals surface area (Å²) in [6, 6.07) is 5.95. The van der Waals surface area contributed by atoms with Gasteiger partial charge in [-0.1, -0.05) is 18.2 Å². The smallest absolute Gasteiger partial charge is 0.137 e. The van der Waals surface area contributed by atoms with Crippen LogP contribution in [0.4, 0.5) is 0 Å². The van der Waals surface area contributed by atoms with Crippen molar-refractivity contribution in [3.05, 3.63) is 34.9 Å². The summed E-state index contributed by atoms with van der Waals surface area (Å²) in [7, 11) is 0. The average Bonchev–Trinajstić information content (AvgIpc) is 2.08. The Bertz CT molecular complexity index is 294. The lowest BCUT2D eigenvalue weighted by molar-refractivity contribution is -0.107. The molecular weight excluding hydrogens is 168 g/mol. The summed E-state index contributed by atoms with van der Waals surface area (Å²) in [5.41, 5.74) is 3.41. The summed E-state index contributed by atoms with van der Waals surface area (Å²) in [5.74, 6) is 0. The maximum Gasteiger partial charge on any atom is 0.137 e. The van der Waals surface area contributed by atoms with E-state index < -0.39 is 0 Å². The van der Waals surface area contributed by atoms with Crippen molar-refractivity contribution in [1.29, 1.82) is 0 Å². The Balaban J connectivity index is 3.04. The Morgan fingerprint density at radius 3 is 2.50 bits per heavy atom. The summed E-state index contributed by atoms with van der Waals surface area (Å²) in [4.78, 5) is 10.4. The zero-order valence-electron chi connectivity index (χ0n) is 7.24. The summed E-state index contributed by atoms with van der Waals surface area (Å²) in [6.45, 7) is 4.08. The SMILES string of the molecule is Cc1ccc(C(S)C=O)cc1C. The van der Waals surface area contributed by atoms with Gasteiger partial charge in [0, 0.05) is 0 Å². The van der Waals surface area contributed by atoms with Crippen LogP contribution in [-0.4, -0.2) is 6.29 Å². The molecule has 1 aromatic carbocycles. The lowest BCUT2D eigenvalue weighted by Gasteiger charge is -2.06. The first-order valence-electron chi connectivity index (χ1n) is 3.85. The number of aryl methyl sites for hydroxylation is 2. The van der Waals surface area contributed by atoms with Crippen LogP contribution < -0.4 is 0 Å². The second-order valence-electron chi connectivity index (χ2n) is 2.92. The molecule has 1 rings (SSSR count). The molecule has 0 heterocycles. The van der Waals surface area contributed by atoms with Gasteiger partial charge in [-0.3, -0.25) is 0 Å². The summed E-state index contributed by atoms with van der Waals surface area (Å²) in [5, 5.41) is -0.288. The molecule has 1 nitrogen and oxygen atoms in total. The van der Waals surface area contributed by atoms with Crippen LogP contribution in [0.3, 0.4) is 0 Å². The largest absolute Gasteiger partial charge is 0.302 e. The Hall–Kier alpha value is -0.760. The van der Waals surface area contributed by atoms with E-state index >= 15 is 0 Å². The molecule has 0 aromatic heterocycles. The summed E-state index contributed by atoms with van der Waals surface area (Å²) < 4.78 is 0. The topological polar surface area (TPSA) is 17.1 Å². The van der Waals surface area contributed by atoms with Gasteiger partial charge >= 0.3 is 0 Å². The fourth-order valence-corrected chi connectivity index (χ4v) is 1.19. The molecule has 2 heteroatoms.